The maximum atomic E-state index is 13.3. The lowest BCUT2D eigenvalue weighted by atomic mass is 9.89. The van der Waals surface area contributed by atoms with Gasteiger partial charge in [-0.1, -0.05) is 24.1 Å². The number of anilines is 1. The summed E-state index contributed by atoms with van der Waals surface area (Å²) in [4.78, 5) is 2.05. The van der Waals surface area contributed by atoms with Gasteiger partial charge in [-0.15, -0.1) is 0 Å². The summed E-state index contributed by atoms with van der Waals surface area (Å²) < 4.78 is 50.8. The predicted octanol–water partition coefficient (Wildman–Crippen LogP) is 7.01. The quantitative estimate of drug-likeness (QED) is 0.467. The molecule has 0 aromatic heterocycles. The van der Waals surface area contributed by atoms with Crippen LogP contribution in [0.4, 0.5) is 18.9 Å². The van der Waals surface area contributed by atoms with Crippen molar-refractivity contribution in [2.24, 2.45) is 5.92 Å². The smallest absolute Gasteiger partial charge is 0.417 e. The van der Waals surface area contributed by atoms with E-state index in [1.54, 1.807) is 13.2 Å². The summed E-state index contributed by atoms with van der Waals surface area (Å²) in [6, 6.07) is 10.2. The molecule has 3 rings (SSSR count). The Kier molecular flexibility index (Phi) is 7.98. The molecular weight excluding hydrogens is 427 g/mol. The second-order valence-corrected chi connectivity index (χ2v) is 8.33. The van der Waals surface area contributed by atoms with Crippen molar-refractivity contribution in [3.63, 3.8) is 0 Å². The number of rotatable bonds is 6. The molecule has 0 amide bonds. The summed E-state index contributed by atoms with van der Waals surface area (Å²) in [6.45, 7) is 3.99. The van der Waals surface area contributed by atoms with Gasteiger partial charge in [0, 0.05) is 18.8 Å². The fourth-order valence-electron chi connectivity index (χ4n) is 4.17. The molecule has 1 unspecified atom stereocenters. The van der Waals surface area contributed by atoms with Gasteiger partial charge in [-0.25, -0.2) is 0 Å². The number of ether oxygens (including phenoxy) is 2. The number of benzene rings is 2. The maximum absolute atomic E-state index is 13.3. The van der Waals surface area contributed by atoms with E-state index < -0.39 is 11.7 Å². The molecule has 0 aliphatic carbocycles. The number of nitrogens with zero attached hydrogens (tertiary/aromatic N) is 1. The van der Waals surface area contributed by atoms with Gasteiger partial charge >= 0.3 is 6.18 Å². The molecular formula is C24H29ClF3NO2. The molecule has 7 heteroatoms. The summed E-state index contributed by atoms with van der Waals surface area (Å²) in [5, 5.41) is -0.259. The predicted molar refractivity (Wildman–Crippen MR) is 118 cm³/mol. The second-order valence-electron chi connectivity index (χ2n) is 7.92. The zero-order chi connectivity index (χ0) is 22.4. The highest BCUT2D eigenvalue weighted by atomic mass is 35.5. The first-order valence-corrected chi connectivity index (χ1v) is 11.1. The molecule has 1 aliphatic heterocycles. The standard InChI is InChI=1S/C24H29ClF3NO2/c1-3-31-22-10-7-18(15-23(22)30-2)14-17-6-4-5-12-29(13-11-17)19-8-9-21(25)20(16-19)24(26,27)28/h7-10,15-17H,3-6,11-14H2,1-2H3. The van der Waals surface area contributed by atoms with E-state index in [-0.39, 0.29) is 5.02 Å². The van der Waals surface area contributed by atoms with E-state index in [0.29, 0.717) is 18.2 Å². The molecule has 3 nitrogen and oxygen atoms in total. The van der Waals surface area contributed by atoms with E-state index in [1.165, 1.54) is 17.7 Å². The first-order valence-electron chi connectivity index (χ1n) is 10.7. The Bertz CT molecular complexity index is 872. The first-order chi connectivity index (χ1) is 14.8. The third-order valence-electron chi connectivity index (χ3n) is 5.77. The zero-order valence-electron chi connectivity index (χ0n) is 18.0. The fourth-order valence-corrected chi connectivity index (χ4v) is 4.39. The number of halogens is 4. The molecule has 0 bridgehead atoms. The van der Waals surface area contributed by atoms with Gasteiger partial charge in [0.2, 0.25) is 0 Å². The Balaban J connectivity index is 1.70. The molecule has 0 saturated carbocycles. The lowest BCUT2D eigenvalue weighted by molar-refractivity contribution is -0.137. The van der Waals surface area contributed by atoms with Crippen molar-refractivity contribution >= 4 is 17.3 Å². The maximum Gasteiger partial charge on any atom is 0.417 e. The number of alkyl halides is 3. The van der Waals surface area contributed by atoms with E-state index in [2.05, 4.69) is 11.0 Å². The van der Waals surface area contributed by atoms with Gasteiger partial charge in [0.15, 0.2) is 11.5 Å². The van der Waals surface area contributed by atoms with Crippen molar-refractivity contribution in [1.29, 1.82) is 0 Å². The molecule has 170 valence electrons. The normalized spacial score (nSPS) is 17.7. The lowest BCUT2D eigenvalue weighted by Crippen LogP contribution is -2.30. The van der Waals surface area contributed by atoms with Crippen LogP contribution in [0.2, 0.25) is 5.02 Å². The molecule has 1 atom stereocenters. The van der Waals surface area contributed by atoms with Gasteiger partial charge in [-0.3, -0.25) is 0 Å². The van der Waals surface area contributed by atoms with Crippen molar-refractivity contribution in [2.45, 2.75) is 45.2 Å². The highest BCUT2D eigenvalue weighted by Gasteiger charge is 2.33. The van der Waals surface area contributed by atoms with Crippen LogP contribution in [0.1, 0.15) is 43.7 Å². The summed E-state index contributed by atoms with van der Waals surface area (Å²) in [6.07, 6.45) is 0.482. The van der Waals surface area contributed by atoms with Crippen LogP contribution in [-0.4, -0.2) is 26.8 Å². The highest BCUT2D eigenvalue weighted by molar-refractivity contribution is 6.31. The Morgan fingerprint density at radius 1 is 1.03 bits per heavy atom. The average Bonchev–Trinajstić information content (AvgIpc) is 2.71. The first kappa shape index (κ1) is 23.6. The number of hydrogen-bond donors (Lipinski definition) is 0. The van der Waals surface area contributed by atoms with Gasteiger partial charge in [-0.2, -0.15) is 13.2 Å². The van der Waals surface area contributed by atoms with Crippen LogP contribution >= 0.6 is 11.6 Å². The van der Waals surface area contributed by atoms with E-state index in [9.17, 15) is 13.2 Å². The van der Waals surface area contributed by atoms with Crippen LogP contribution in [-0.2, 0) is 12.6 Å². The fraction of sp³-hybridized carbons (Fsp3) is 0.500. The Labute approximate surface area is 187 Å². The van der Waals surface area contributed by atoms with Gasteiger partial charge < -0.3 is 14.4 Å². The molecule has 1 heterocycles. The minimum absolute atomic E-state index is 0.259. The van der Waals surface area contributed by atoms with Crippen LogP contribution in [0.3, 0.4) is 0 Å². The summed E-state index contributed by atoms with van der Waals surface area (Å²) in [5.74, 6) is 1.92. The molecule has 1 fully saturated rings. The molecule has 0 spiro atoms. The van der Waals surface area contributed by atoms with Crippen LogP contribution in [0.25, 0.3) is 0 Å². The molecule has 1 saturated heterocycles. The van der Waals surface area contributed by atoms with Crippen LogP contribution < -0.4 is 14.4 Å². The van der Waals surface area contributed by atoms with Crippen molar-refractivity contribution in [3.05, 3.63) is 52.5 Å². The SMILES string of the molecule is CCOc1ccc(CC2CCCCN(c3ccc(Cl)c(C(F)(F)F)c3)CC2)cc1OC. The van der Waals surface area contributed by atoms with Gasteiger partial charge in [0.1, 0.15) is 0 Å². The largest absolute Gasteiger partial charge is 0.493 e. The highest BCUT2D eigenvalue weighted by Crippen LogP contribution is 2.37. The average molecular weight is 456 g/mol. The monoisotopic (exact) mass is 455 g/mol. The van der Waals surface area contributed by atoms with Gasteiger partial charge in [0.25, 0.3) is 0 Å². The van der Waals surface area contributed by atoms with E-state index >= 15 is 0 Å². The topological polar surface area (TPSA) is 21.7 Å². The summed E-state index contributed by atoms with van der Waals surface area (Å²) in [7, 11) is 1.64. The Hall–Kier alpha value is -2.08. The summed E-state index contributed by atoms with van der Waals surface area (Å²) >= 11 is 5.79. The molecule has 2 aromatic carbocycles. The molecule has 1 aliphatic rings. The van der Waals surface area contributed by atoms with E-state index in [4.69, 9.17) is 21.1 Å². The number of methoxy groups -OCH3 is 1. The minimum Gasteiger partial charge on any atom is -0.493 e. The molecule has 31 heavy (non-hydrogen) atoms. The van der Waals surface area contributed by atoms with Gasteiger partial charge in [-0.05, 0) is 74.4 Å². The molecule has 2 aromatic rings. The lowest BCUT2D eigenvalue weighted by Gasteiger charge is -2.31. The van der Waals surface area contributed by atoms with E-state index in [0.717, 1.165) is 56.7 Å². The Morgan fingerprint density at radius 2 is 1.84 bits per heavy atom. The zero-order valence-corrected chi connectivity index (χ0v) is 18.7. The van der Waals surface area contributed by atoms with Crippen molar-refractivity contribution in [2.75, 3.05) is 31.7 Å². The summed E-state index contributed by atoms with van der Waals surface area (Å²) in [5.41, 5.74) is 0.996. The van der Waals surface area contributed by atoms with Crippen molar-refractivity contribution in [3.8, 4) is 11.5 Å². The van der Waals surface area contributed by atoms with Crippen molar-refractivity contribution in [1.82, 2.24) is 0 Å². The van der Waals surface area contributed by atoms with Crippen LogP contribution in [0, 0.1) is 5.92 Å². The van der Waals surface area contributed by atoms with Gasteiger partial charge in [0.05, 0.1) is 24.3 Å². The van der Waals surface area contributed by atoms with Crippen LogP contribution in [0.15, 0.2) is 36.4 Å². The third-order valence-corrected chi connectivity index (χ3v) is 6.10. The second kappa shape index (κ2) is 10.5. The van der Waals surface area contributed by atoms with Crippen molar-refractivity contribution < 1.29 is 22.6 Å². The Morgan fingerprint density at radius 3 is 2.55 bits per heavy atom. The van der Waals surface area contributed by atoms with E-state index in [1.807, 2.05) is 19.1 Å². The minimum atomic E-state index is -4.45. The van der Waals surface area contributed by atoms with Crippen LogP contribution in [0.5, 0.6) is 11.5 Å². The third kappa shape index (κ3) is 6.22. The number of hydrogen-bond acceptors (Lipinski definition) is 3. The molecule has 0 radical (unpaired) electrons. The molecule has 0 N–H and O–H groups in total.